The lowest BCUT2D eigenvalue weighted by Crippen LogP contribution is -2.36. The fourth-order valence-corrected chi connectivity index (χ4v) is 2.28. The van der Waals surface area contributed by atoms with E-state index in [1.165, 1.54) is 6.07 Å². The monoisotopic (exact) mass is 497 g/mol. The second kappa shape index (κ2) is 9.53. The van der Waals surface area contributed by atoms with Crippen molar-refractivity contribution >= 4 is 29.9 Å². The second-order valence-corrected chi connectivity index (χ2v) is 5.21. The van der Waals surface area contributed by atoms with E-state index >= 15 is 0 Å². The number of benzene rings is 1. The van der Waals surface area contributed by atoms with Crippen LogP contribution in [0.5, 0.6) is 17.2 Å². The van der Waals surface area contributed by atoms with Crippen LogP contribution in [-0.4, -0.2) is 36.6 Å². The van der Waals surface area contributed by atoms with Gasteiger partial charge in [-0.15, -0.1) is 24.0 Å². The van der Waals surface area contributed by atoms with Gasteiger partial charge in [0.2, 0.25) is 12.7 Å². The van der Waals surface area contributed by atoms with Crippen molar-refractivity contribution in [2.75, 3.05) is 13.8 Å². The largest absolute Gasteiger partial charge is 0.454 e. The molecule has 1 aliphatic heterocycles. The highest BCUT2D eigenvalue weighted by Gasteiger charge is 2.20. The number of rotatable bonds is 6. The van der Waals surface area contributed by atoms with E-state index in [9.17, 15) is 8.78 Å². The van der Waals surface area contributed by atoms with Gasteiger partial charge in [0.05, 0.1) is 6.54 Å². The quantitative estimate of drug-likeness (QED) is 0.356. The lowest BCUT2D eigenvalue weighted by atomic mass is 10.1. The number of ether oxygens (including phenoxy) is 3. The molecule has 27 heavy (non-hydrogen) atoms. The molecule has 0 saturated heterocycles. The maximum absolute atomic E-state index is 12.7. The Labute approximate surface area is 170 Å². The van der Waals surface area contributed by atoms with Crippen molar-refractivity contribution < 1.29 is 27.5 Å². The topological polar surface area (TPSA) is 103 Å². The SMILES string of the molecule is CN=C(NCc1nc(C)no1)NCc1cc2c(cc1OC(F)F)OCO2.I. The van der Waals surface area contributed by atoms with E-state index < -0.39 is 6.61 Å². The molecule has 0 fully saturated rings. The van der Waals surface area contributed by atoms with Crippen LogP contribution in [-0.2, 0) is 13.1 Å². The van der Waals surface area contributed by atoms with Crippen LogP contribution in [0.3, 0.4) is 0 Å². The van der Waals surface area contributed by atoms with Crippen molar-refractivity contribution in [3.8, 4) is 17.2 Å². The Morgan fingerprint density at radius 2 is 1.96 bits per heavy atom. The third-order valence-electron chi connectivity index (χ3n) is 3.42. The third-order valence-corrected chi connectivity index (χ3v) is 3.42. The second-order valence-electron chi connectivity index (χ2n) is 5.21. The number of aromatic nitrogens is 2. The summed E-state index contributed by atoms with van der Waals surface area (Å²) < 4.78 is 45.3. The van der Waals surface area contributed by atoms with Crippen molar-refractivity contribution in [3.05, 3.63) is 29.4 Å². The van der Waals surface area contributed by atoms with E-state index in [-0.39, 0.29) is 49.6 Å². The highest BCUT2D eigenvalue weighted by atomic mass is 127. The molecule has 0 atom stereocenters. The van der Waals surface area contributed by atoms with E-state index in [0.29, 0.717) is 34.7 Å². The van der Waals surface area contributed by atoms with Gasteiger partial charge in [-0.05, 0) is 13.0 Å². The Kier molecular flexibility index (Phi) is 7.38. The molecule has 0 radical (unpaired) electrons. The summed E-state index contributed by atoms with van der Waals surface area (Å²) in [5.41, 5.74) is 0.464. The summed E-state index contributed by atoms with van der Waals surface area (Å²) in [5.74, 6) is 2.17. The molecule has 12 heteroatoms. The Hall–Kier alpha value is -2.38. The molecular formula is C15H18F2IN5O4. The van der Waals surface area contributed by atoms with E-state index in [1.54, 1.807) is 20.0 Å². The molecule has 9 nitrogen and oxygen atoms in total. The lowest BCUT2D eigenvalue weighted by Gasteiger charge is -2.14. The lowest BCUT2D eigenvalue weighted by molar-refractivity contribution is -0.0505. The number of fused-ring (bicyclic) bond motifs is 1. The van der Waals surface area contributed by atoms with Gasteiger partial charge in [0, 0.05) is 25.2 Å². The van der Waals surface area contributed by atoms with Crippen LogP contribution in [0.25, 0.3) is 0 Å². The zero-order valence-electron chi connectivity index (χ0n) is 14.5. The Bertz CT molecular complexity index is 803. The van der Waals surface area contributed by atoms with Crippen LogP contribution in [0.1, 0.15) is 17.3 Å². The number of halogens is 3. The van der Waals surface area contributed by atoms with Gasteiger partial charge in [-0.2, -0.15) is 13.8 Å². The van der Waals surface area contributed by atoms with Gasteiger partial charge < -0.3 is 29.4 Å². The molecule has 2 aromatic rings. The molecule has 0 unspecified atom stereocenters. The summed E-state index contributed by atoms with van der Waals surface area (Å²) in [6.07, 6.45) is 0. The molecule has 0 amide bonds. The van der Waals surface area contributed by atoms with Gasteiger partial charge in [-0.25, -0.2) is 0 Å². The first-order valence-electron chi connectivity index (χ1n) is 7.66. The van der Waals surface area contributed by atoms with Crippen LogP contribution in [0.4, 0.5) is 8.78 Å². The molecule has 1 aromatic carbocycles. The van der Waals surface area contributed by atoms with Gasteiger partial charge in [-0.3, -0.25) is 4.99 Å². The van der Waals surface area contributed by atoms with Crippen molar-refractivity contribution in [3.63, 3.8) is 0 Å². The highest BCUT2D eigenvalue weighted by Crippen LogP contribution is 2.38. The van der Waals surface area contributed by atoms with Gasteiger partial charge in [0.15, 0.2) is 23.3 Å². The maximum Gasteiger partial charge on any atom is 0.387 e. The Morgan fingerprint density at radius 3 is 2.59 bits per heavy atom. The molecule has 2 N–H and O–H groups in total. The number of alkyl halides is 2. The Morgan fingerprint density at radius 1 is 1.26 bits per heavy atom. The summed E-state index contributed by atoms with van der Waals surface area (Å²) in [6, 6.07) is 2.96. The summed E-state index contributed by atoms with van der Waals surface area (Å²) in [5, 5.41) is 9.66. The van der Waals surface area contributed by atoms with Crippen molar-refractivity contribution in [2.45, 2.75) is 26.6 Å². The van der Waals surface area contributed by atoms with Crippen molar-refractivity contribution in [1.82, 2.24) is 20.8 Å². The zero-order valence-corrected chi connectivity index (χ0v) is 16.8. The number of hydrogen-bond acceptors (Lipinski definition) is 7. The van der Waals surface area contributed by atoms with Crippen molar-refractivity contribution in [1.29, 1.82) is 0 Å². The van der Waals surface area contributed by atoms with E-state index in [2.05, 4.69) is 30.5 Å². The van der Waals surface area contributed by atoms with Crippen LogP contribution in [0, 0.1) is 6.92 Å². The first-order chi connectivity index (χ1) is 12.5. The number of guanidine groups is 1. The standard InChI is InChI=1S/C15H17F2N5O4.HI/c1-8-21-13(26-22-8)6-20-15(18-2)19-5-9-3-11-12(24-7-23-11)4-10(9)25-14(16)17;/h3-4,14H,5-7H2,1-2H3,(H2,18,19,20);1H. The minimum absolute atomic E-state index is 0. The molecule has 2 heterocycles. The van der Waals surface area contributed by atoms with Crippen LogP contribution < -0.4 is 24.8 Å². The summed E-state index contributed by atoms with van der Waals surface area (Å²) >= 11 is 0. The van der Waals surface area contributed by atoms with Crippen molar-refractivity contribution in [2.24, 2.45) is 4.99 Å². The smallest absolute Gasteiger partial charge is 0.387 e. The number of hydrogen-bond donors (Lipinski definition) is 2. The number of nitrogens with zero attached hydrogens (tertiary/aromatic N) is 3. The molecule has 0 bridgehead atoms. The molecule has 1 aromatic heterocycles. The fraction of sp³-hybridized carbons (Fsp3) is 0.400. The minimum Gasteiger partial charge on any atom is -0.454 e. The first-order valence-corrected chi connectivity index (χ1v) is 7.66. The predicted molar refractivity (Wildman–Crippen MR) is 101 cm³/mol. The molecule has 0 spiro atoms. The van der Waals surface area contributed by atoms with E-state index in [4.69, 9.17) is 14.0 Å². The third kappa shape index (κ3) is 5.55. The fourth-order valence-electron chi connectivity index (χ4n) is 2.28. The molecule has 1 aliphatic rings. The Balaban J connectivity index is 0.00000261. The van der Waals surface area contributed by atoms with Gasteiger partial charge in [0.1, 0.15) is 5.75 Å². The normalized spacial score (nSPS) is 12.7. The molecular weight excluding hydrogens is 479 g/mol. The molecule has 0 aliphatic carbocycles. The number of aliphatic imine (C=N–C) groups is 1. The molecule has 148 valence electrons. The number of aryl methyl sites for hydroxylation is 1. The van der Waals surface area contributed by atoms with E-state index in [1.807, 2.05) is 0 Å². The molecule has 3 rings (SSSR count). The highest BCUT2D eigenvalue weighted by molar-refractivity contribution is 14.0. The summed E-state index contributed by atoms with van der Waals surface area (Å²) in [7, 11) is 1.57. The molecule has 0 saturated carbocycles. The average molecular weight is 497 g/mol. The summed E-state index contributed by atoms with van der Waals surface area (Å²) in [6.45, 7) is -0.770. The predicted octanol–water partition coefficient (Wildman–Crippen LogP) is 2.19. The first kappa shape index (κ1) is 20.9. The van der Waals surface area contributed by atoms with Gasteiger partial charge >= 0.3 is 6.61 Å². The van der Waals surface area contributed by atoms with Gasteiger partial charge in [-0.1, -0.05) is 5.16 Å². The van der Waals surface area contributed by atoms with Gasteiger partial charge in [0.25, 0.3) is 0 Å². The average Bonchev–Trinajstić information content (AvgIpc) is 3.22. The van der Waals surface area contributed by atoms with Crippen LogP contribution >= 0.6 is 24.0 Å². The number of nitrogens with one attached hydrogen (secondary N) is 2. The van der Waals surface area contributed by atoms with Crippen LogP contribution in [0.15, 0.2) is 21.6 Å². The van der Waals surface area contributed by atoms with E-state index in [0.717, 1.165) is 0 Å². The summed E-state index contributed by atoms with van der Waals surface area (Å²) in [4.78, 5) is 8.11. The minimum atomic E-state index is -2.95. The zero-order chi connectivity index (χ0) is 18.5. The maximum atomic E-state index is 12.7. The van der Waals surface area contributed by atoms with Crippen LogP contribution in [0.2, 0.25) is 0 Å².